The van der Waals surface area contributed by atoms with Gasteiger partial charge in [0, 0.05) is 0 Å². The Morgan fingerprint density at radius 2 is 0.392 bits per heavy atom. The van der Waals surface area contributed by atoms with E-state index in [4.69, 9.17) is 13.2 Å². The zero-order chi connectivity index (χ0) is 53.3. The van der Waals surface area contributed by atoms with Crippen LogP contribution in [0.5, 0.6) is 0 Å². The second kappa shape index (κ2) is 58.1. The molecule has 2 unspecified atom stereocenters. The van der Waals surface area contributed by atoms with Crippen LogP contribution in [-0.4, -0.2) is 0 Å². The molecule has 0 heterocycles. The van der Waals surface area contributed by atoms with Gasteiger partial charge >= 0.3 is 0 Å². The van der Waals surface area contributed by atoms with Crippen molar-refractivity contribution in [3.05, 3.63) is 48.6 Å². The monoisotopic (exact) mass is 1030 g/mol. The quantitative estimate of drug-likeness (QED) is 0.0421. The molecule has 0 spiro atoms. The maximum Gasteiger partial charge on any atom is -0.0206 e. The van der Waals surface area contributed by atoms with Crippen molar-refractivity contribution in [1.29, 1.82) is 0 Å². The number of hydrogen-bond acceptors (Lipinski definition) is 0. The summed E-state index contributed by atoms with van der Waals surface area (Å²) in [7, 11) is 0. The zero-order valence-electron chi connectivity index (χ0n) is 51.8. The first-order valence-corrected chi connectivity index (χ1v) is 35.2. The highest BCUT2D eigenvalue weighted by Crippen LogP contribution is 2.32. The molecule has 0 nitrogen and oxygen atoms in total. The number of hydrogen-bond donors (Lipinski definition) is 0. The third kappa shape index (κ3) is 50.5. The maximum atomic E-state index is 4.76. The topological polar surface area (TPSA) is 0 Å². The van der Waals surface area contributed by atoms with Crippen LogP contribution in [0.1, 0.15) is 412 Å². The Labute approximate surface area is 470 Å². The van der Waals surface area contributed by atoms with Crippen LogP contribution in [0.25, 0.3) is 0 Å². The molecule has 436 valence electrons. The van der Waals surface area contributed by atoms with Crippen LogP contribution in [0.3, 0.4) is 0 Å². The van der Waals surface area contributed by atoms with Crippen molar-refractivity contribution in [3.63, 3.8) is 0 Å². The van der Waals surface area contributed by atoms with Gasteiger partial charge in [0.25, 0.3) is 0 Å². The molecule has 1 fully saturated rings. The van der Waals surface area contributed by atoms with Crippen molar-refractivity contribution < 1.29 is 0 Å². The SMILES string of the molecule is C=C(CCCCCCCCCCCCCCCCCCC)CCCC(=C)C1CCCCCCCCCCCC(C(=C)CCCC(=C)CCCCCCCCCCCCCCCCCCCC)CCCCCCCC1. The molecule has 0 aromatic carbocycles. The molecule has 1 aliphatic carbocycles. The fourth-order valence-electron chi connectivity index (χ4n) is 12.8. The van der Waals surface area contributed by atoms with Crippen molar-refractivity contribution in [2.24, 2.45) is 11.8 Å². The number of rotatable bonds is 47. The lowest BCUT2D eigenvalue weighted by molar-refractivity contribution is 0.431. The summed E-state index contributed by atoms with van der Waals surface area (Å²) >= 11 is 0. The minimum absolute atomic E-state index is 0.750. The average molecular weight is 1030 g/mol. The standard InChI is InChI=1S/C74H140/c1-7-9-11-13-15-17-19-21-23-25-27-29-31-33-36-40-46-52-60-70(4)62-58-64-72(6)74-66-54-48-42-38-34-37-41-47-53-65-73(67-55-49-43-44-50-56-68-74)71(5)63-57-61-69(3)59-51-45-39-35-32-30-28-26-24-22-20-18-16-14-12-10-8-2/h73-74H,3-68H2,1-2H3. The van der Waals surface area contributed by atoms with Gasteiger partial charge in [-0.3, -0.25) is 0 Å². The van der Waals surface area contributed by atoms with Crippen LogP contribution in [0.4, 0.5) is 0 Å². The second-order valence-corrected chi connectivity index (χ2v) is 25.5. The van der Waals surface area contributed by atoms with E-state index in [0.29, 0.717) is 0 Å². The summed E-state index contributed by atoms with van der Waals surface area (Å²) in [5.41, 5.74) is 6.16. The predicted molar refractivity (Wildman–Crippen MR) is 341 cm³/mol. The van der Waals surface area contributed by atoms with E-state index in [-0.39, 0.29) is 0 Å². The first-order valence-electron chi connectivity index (χ1n) is 35.2. The molecule has 0 amide bonds. The van der Waals surface area contributed by atoms with Crippen molar-refractivity contribution in [1.82, 2.24) is 0 Å². The van der Waals surface area contributed by atoms with E-state index in [1.54, 1.807) is 11.1 Å². The van der Waals surface area contributed by atoms with Crippen LogP contribution < -0.4 is 0 Å². The van der Waals surface area contributed by atoms with Gasteiger partial charge in [0.2, 0.25) is 0 Å². The predicted octanol–water partition coefficient (Wildman–Crippen LogP) is 27.7. The van der Waals surface area contributed by atoms with E-state index in [1.807, 2.05) is 0 Å². The summed E-state index contributed by atoms with van der Waals surface area (Å²) in [4.78, 5) is 0. The van der Waals surface area contributed by atoms with Crippen molar-refractivity contribution in [2.75, 3.05) is 0 Å². The third-order valence-electron chi connectivity index (χ3n) is 18.2. The van der Waals surface area contributed by atoms with Crippen LogP contribution in [0, 0.1) is 11.8 Å². The van der Waals surface area contributed by atoms with E-state index >= 15 is 0 Å². The molecule has 1 rings (SSSR count). The van der Waals surface area contributed by atoms with Crippen LogP contribution in [-0.2, 0) is 0 Å². The molecular formula is C74H140. The molecule has 0 N–H and O–H groups in total. The van der Waals surface area contributed by atoms with Gasteiger partial charge in [0.1, 0.15) is 0 Å². The molecule has 74 heavy (non-hydrogen) atoms. The second-order valence-electron chi connectivity index (χ2n) is 25.5. The Bertz CT molecular complexity index is 1180. The van der Waals surface area contributed by atoms with E-state index in [0.717, 1.165) is 11.8 Å². The van der Waals surface area contributed by atoms with E-state index in [9.17, 15) is 0 Å². The van der Waals surface area contributed by atoms with Gasteiger partial charge in [-0.25, -0.2) is 0 Å². The first-order chi connectivity index (χ1) is 36.5. The summed E-state index contributed by atoms with van der Waals surface area (Å²) in [6.45, 7) is 23.2. The highest BCUT2D eigenvalue weighted by atomic mass is 14.2. The molecule has 0 aliphatic heterocycles. The van der Waals surface area contributed by atoms with Gasteiger partial charge in [-0.1, -0.05) is 371 Å². The minimum atomic E-state index is 0.750. The van der Waals surface area contributed by atoms with Gasteiger partial charge in [0.05, 0.1) is 0 Å². The lowest BCUT2D eigenvalue weighted by atomic mass is 9.85. The van der Waals surface area contributed by atoms with Gasteiger partial charge in [-0.2, -0.15) is 0 Å². The largest absolute Gasteiger partial charge is 0.0999 e. The molecule has 0 aromatic heterocycles. The molecule has 0 bridgehead atoms. The van der Waals surface area contributed by atoms with Crippen LogP contribution >= 0.6 is 0 Å². The zero-order valence-corrected chi connectivity index (χ0v) is 51.8. The Morgan fingerprint density at radius 3 is 0.608 bits per heavy atom. The molecule has 0 saturated heterocycles. The highest BCUT2D eigenvalue weighted by molar-refractivity contribution is 5.04. The van der Waals surface area contributed by atoms with Crippen molar-refractivity contribution in [2.45, 2.75) is 412 Å². The Hall–Kier alpha value is -1.04. The van der Waals surface area contributed by atoms with Gasteiger partial charge in [-0.05, 0) is 102 Å². The molecule has 0 aromatic rings. The molecule has 1 aliphatic rings. The van der Waals surface area contributed by atoms with Crippen molar-refractivity contribution in [3.8, 4) is 0 Å². The average Bonchev–Trinajstić information content (AvgIpc) is 3.39. The number of unbranched alkanes of at least 4 members (excludes halogenated alkanes) is 33. The van der Waals surface area contributed by atoms with E-state index in [1.165, 1.54) is 409 Å². The van der Waals surface area contributed by atoms with Gasteiger partial charge in [-0.15, -0.1) is 0 Å². The Morgan fingerprint density at radius 1 is 0.216 bits per heavy atom. The fourth-order valence-corrected chi connectivity index (χ4v) is 12.8. The van der Waals surface area contributed by atoms with E-state index < -0.39 is 0 Å². The number of allylic oxidation sites excluding steroid dienone is 4. The van der Waals surface area contributed by atoms with Gasteiger partial charge < -0.3 is 0 Å². The normalized spacial score (nSPS) is 17.2. The molecule has 2 atom stereocenters. The molecular weight excluding hydrogens is 889 g/mol. The summed E-state index contributed by atoms with van der Waals surface area (Å²) in [6, 6.07) is 0. The maximum absolute atomic E-state index is 4.76. The highest BCUT2D eigenvalue weighted by Gasteiger charge is 2.15. The van der Waals surface area contributed by atoms with Crippen LogP contribution in [0.2, 0.25) is 0 Å². The summed E-state index contributed by atoms with van der Waals surface area (Å²) in [5, 5.41) is 0. The van der Waals surface area contributed by atoms with E-state index in [2.05, 4.69) is 27.0 Å². The molecule has 0 radical (unpaired) electrons. The summed E-state index contributed by atoms with van der Waals surface area (Å²) < 4.78 is 0. The molecule has 1 saturated carbocycles. The first kappa shape index (κ1) is 71.0. The Kier molecular flexibility index (Phi) is 55.7. The van der Waals surface area contributed by atoms with Crippen molar-refractivity contribution >= 4 is 0 Å². The van der Waals surface area contributed by atoms with Gasteiger partial charge in [0.15, 0.2) is 0 Å². The summed E-state index contributed by atoms with van der Waals surface area (Å²) in [5.74, 6) is 1.50. The lowest BCUT2D eigenvalue weighted by Crippen LogP contribution is -2.05. The molecule has 0 heteroatoms. The fraction of sp³-hybridized carbons (Fsp3) is 0.892. The van der Waals surface area contributed by atoms with Crippen LogP contribution in [0.15, 0.2) is 48.6 Å². The third-order valence-corrected chi connectivity index (χ3v) is 18.2. The smallest absolute Gasteiger partial charge is 0.0206 e. The lowest BCUT2D eigenvalue weighted by Gasteiger charge is -2.21. The Balaban J connectivity index is 2.20. The minimum Gasteiger partial charge on any atom is -0.0999 e. The summed E-state index contributed by atoms with van der Waals surface area (Å²) in [6.07, 6.45) is 87.5.